The topological polar surface area (TPSA) is 39.3 Å². The van der Waals surface area contributed by atoms with E-state index in [0.717, 1.165) is 23.9 Å². The lowest BCUT2D eigenvalue weighted by atomic mass is 10.0. The van der Waals surface area contributed by atoms with Crippen molar-refractivity contribution in [3.63, 3.8) is 0 Å². The fourth-order valence-electron chi connectivity index (χ4n) is 1.75. The van der Waals surface area contributed by atoms with Gasteiger partial charge in [-0.3, -0.25) is 0 Å². The van der Waals surface area contributed by atoms with Gasteiger partial charge in [-0.05, 0) is 37.6 Å². The van der Waals surface area contributed by atoms with E-state index in [-0.39, 0.29) is 0 Å². The normalized spacial score (nSPS) is 11.6. The van der Waals surface area contributed by atoms with Crippen LogP contribution in [0.15, 0.2) is 24.4 Å². The summed E-state index contributed by atoms with van der Waals surface area (Å²) in [6.45, 7) is 9.77. The quantitative estimate of drug-likeness (QED) is 0.888. The number of fused-ring (bicyclic) bond motifs is 1. The Morgan fingerprint density at radius 3 is 2.30 bits per heavy atom. The maximum Gasteiger partial charge on any atom is 0.139 e. The van der Waals surface area contributed by atoms with Crippen molar-refractivity contribution in [2.45, 2.75) is 34.1 Å². The van der Waals surface area contributed by atoms with Crippen molar-refractivity contribution in [1.82, 2.24) is 9.88 Å². The van der Waals surface area contributed by atoms with Gasteiger partial charge in [-0.2, -0.15) is 0 Å². The SMILES string of the molecule is CC(C)(C)C.CN(C)CCc1c[nH]c2c(O)cccc12. The molecule has 1 heterocycles. The second-order valence-electron chi connectivity index (χ2n) is 7.07. The Balaban J connectivity index is 0.000000347. The summed E-state index contributed by atoms with van der Waals surface area (Å²) in [7, 11) is 4.12. The minimum absolute atomic E-state index is 0.323. The van der Waals surface area contributed by atoms with Crippen LogP contribution in [-0.4, -0.2) is 35.6 Å². The van der Waals surface area contributed by atoms with Crippen molar-refractivity contribution in [2.75, 3.05) is 20.6 Å². The number of H-pyrrole nitrogens is 1. The lowest BCUT2D eigenvalue weighted by Gasteiger charge is -2.08. The molecular weight excluding hydrogens is 248 g/mol. The number of likely N-dealkylation sites (N-methyl/N-ethyl adjacent to an activating group) is 1. The van der Waals surface area contributed by atoms with Gasteiger partial charge in [-0.15, -0.1) is 0 Å². The predicted molar refractivity (Wildman–Crippen MR) is 87.4 cm³/mol. The number of benzene rings is 1. The summed E-state index contributed by atoms with van der Waals surface area (Å²) in [4.78, 5) is 5.27. The van der Waals surface area contributed by atoms with Crippen molar-refractivity contribution in [1.29, 1.82) is 0 Å². The van der Waals surface area contributed by atoms with Gasteiger partial charge >= 0.3 is 0 Å². The van der Waals surface area contributed by atoms with Gasteiger partial charge in [0.1, 0.15) is 5.75 Å². The van der Waals surface area contributed by atoms with Gasteiger partial charge in [0.15, 0.2) is 0 Å². The summed E-state index contributed by atoms with van der Waals surface area (Å²) in [6.07, 6.45) is 2.98. The third-order valence-electron chi connectivity index (χ3n) is 2.61. The Morgan fingerprint density at radius 1 is 1.15 bits per heavy atom. The molecule has 0 bridgehead atoms. The number of aromatic amines is 1. The molecule has 2 N–H and O–H groups in total. The molecule has 3 heteroatoms. The summed E-state index contributed by atoms with van der Waals surface area (Å²) in [5.41, 5.74) is 2.60. The Bertz CT molecular complexity index is 529. The van der Waals surface area contributed by atoms with Crippen LogP contribution < -0.4 is 0 Å². The van der Waals surface area contributed by atoms with Crippen LogP contribution in [0.3, 0.4) is 0 Å². The van der Waals surface area contributed by atoms with Crippen molar-refractivity contribution in [2.24, 2.45) is 5.41 Å². The van der Waals surface area contributed by atoms with Crippen LogP contribution in [0.5, 0.6) is 5.75 Å². The highest BCUT2D eigenvalue weighted by Crippen LogP contribution is 2.26. The summed E-state index contributed by atoms with van der Waals surface area (Å²) < 4.78 is 0. The van der Waals surface area contributed by atoms with E-state index in [2.05, 4.69) is 51.7 Å². The number of rotatable bonds is 3. The molecule has 0 unspecified atom stereocenters. The molecule has 3 nitrogen and oxygen atoms in total. The zero-order chi connectivity index (χ0) is 15.3. The number of phenolic OH excluding ortho intramolecular Hbond substituents is 1. The van der Waals surface area contributed by atoms with Gasteiger partial charge in [0.25, 0.3) is 0 Å². The average Bonchev–Trinajstić information content (AvgIpc) is 2.68. The van der Waals surface area contributed by atoms with Gasteiger partial charge in [0.2, 0.25) is 0 Å². The monoisotopic (exact) mass is 276 g/mol. The number of aromatic hydroxyl groups is 1. The lowest BCUT2D eigenvalue weighted by Crippen LogP contribution is -2.14. The maximum absolute atomic E-state index is 9.62. The van der Waals surface area contributed by atoms with E-state index >= 15 is 0 Å². The van der Waals surface area contributed by atoms with Crippen molar-refractivity contribution < 1.29 is 5.11 Å². The highest BCUT2D eigenvalue weighted by atomic mass is 16.3. The lowest BCUT2D eigenvalue weighted by molar-refractivity contribution is 0.414. The van der Waals surface area contributed by atoms with Crippen molar-refractivity contribution >= 4 is 10.9 Å². The molecule has 0 aliphatic carbocycles. The third kappa shape index (κ3) is 5.66. The van der Waals surface area contributed by atoms with Gasteiger partial charge in [0.05, 0.1) is 5.52 Å². The first kappa shape index (κ1) is 16.6. The molecule has 0 aliphatic rings. The largest absolute Gasteiger partial charge is 0.506 e. The van der Waals surface area contributed by atoms with E-state index in [1.54, 1.807) is 6.07 Å². The van der Waals surface area contributed by atoms with E-state index < -0.39 is 0 Å². The third-order valence-corrected chi connectivity index (χ3v) is 2.61. The first-order valence-corrected chi connectivity index (χ1v) is 7.11. The van der Waals surface area contributed by atoms with E-state index in [1.807, 2.05) is 18.3 Å². The van der Waals surface area contributed by atoms with E-state index in [4.69, 9.17) is 0 Å². The zero-order valence-electron chi connectivity index (χ0n) is 13.6. The highest BCUT2D eigenvalue weighted by molar-refractivity contribution is 5.88. The molecule has 0 amide bonds. The zero-order valence-corrected chi connectivity index (χ0v) is 13.6. The molecule has 0 radical (unpaired) electrons. The number of nitrogens with zero attached hydrogens (tertiary/aromatic N) is 1. The minimum atomic E-state index is 0.323. The molecule has 2 aromatic rings. The maximum atomic E-state index is 9.62. The van der Waals surface area contributed by atoms with E-state index in [1.165, 1.54) is 5.56 Å². The van der Waals surface area contributed by atoms with Gasteiger partial charge < -0.3 is 15.0 Å². The summed E-state index contributed by atoms with van der Waals surface area (Å²) in [5.74, 6) is 0.323. The number of hydrogen-bond donors (Lipinski definition) is 2. The first-order chi connectivity index (χ1) is 9.18. The second-order valence-corrected chi connectivity index (χ2v) is 7.07. The molecule has 0 fully saturated rings. The van der Waals surface area contributed by atoms with Crippen LogP contribution in [-0.2, 0) is 6.42 Å². The van der Waals surface area contributed by atoms with Crippen LogP contribution in [0.4, 0.5) is 0 Å². The Kier molecular flexibility index (Phi) is 5.63. The fraction of sp³-hybridized carbons (Fsp3) is 0.529. The number of hydrogen-bond acceptors (Lipinski definition) is 2. The predicted octanol–water partition coefficient (Wildman–Crippen LogP) is 4.03. The molecule has 1 aromatic carbocycles. The minimum Gasteiger partial charge on any atom is -0.506 e. The standard InChI is InChI=1S/C12H16N2O.C5H12/c1-14(2)7-6-9-8-13-12-10(9)4-3-5-11(12)15;1-5(2,3)4/h3-5,8,13,15H,6-7H2,1-2H3;1-4H3. The number of nitrogens with one attached hydrogen (secondary N) is 1. The fourth-order valence-corrected chi connectivity index (χ4v) is 1.75. The van der Waals surface area contributed by atoms with E-state index in [9.17, 15) is 5.11 Å². The summed E-state index contributed by atoms with van der Waals surface area (Å²) >= 11 is 0. The molecule has 2 rings (SSSR count). The molecule has 112 valence electrons. The molecule has 0 aliphatic heterocycles. The second kappa shape index (κ2) is 6.80. The smallest absolute Gasteiger partial charge is 0.139 e. The molecule has 0 spiro atoms. The molecule has 1 aromatic heterocycles. The number of para-hydroxylation sites is 1. The van der Waals surface area contributed by atoms with E-state index in [0.29, 0.717) is 11.2 Å². The Labute approximate surface area is 122 Å². The molecular formula is C17H28N2O. The van der Waals surface area contributed by atoms with Crippen LogP contribution in [0.2, 0.25) is 0 Å². The summed E-state index contributed by atoms with van der Waals surface area (Å²) in [6, 6.07) is 5.62. The van der Waals surface area contributed by atoms with Gasteiger partial charge in [0, 0.05) is 18.1 Å². The first-order valence-electron chi connectivity index (χ1n) is 7.11. The summed E-state index contributed by atoms with van der Waals surface area (Å²) in [5, 5.41) is 10.7. The van der Waals surface area contributed by atoms with Crippen LogP contribution in [0, 0.1) is 5.41 Å². The Morgan fingerprint density at radius 2 is 1.75 bits per heavy atom. The highest BCUT2D eigenvalue weighted by Gasteiger charge is 2.06. The molecule has 0 saturated heterocycles. The van der Waals surface area contributed by atoms with Crippen molar-refractivity contribution in [3.8, 4) is 5.75 Å². The molecule has 0 saturated carbocycles. The van der Waals surface area contributed by atoms with Gasteiger partial charge in [-0.25, -0.2) is 0 Å². The number of phenols is 1. The molecule has 0 atom stereocenters. The van der Waals surface area contributed by atoms with Crippen LogP contribution >= 0.6 is 0 Å². The Hall–Kier alpha value is -1.48. The van der Waals surface area contributed by atoms with Crippen LogP contribution in [0.25, 0.3) is 10.9 Å². The average molecular weight is 276 g/mol. The van der Waals surface area contributed by atoms with Crippen molar-refractivity contribution in [3.05, 3.63) is 30.0 Å². The molecule has 20 heavy (non-hydrogen) atoms. The van der Waals surface area contributed by atoms with Crippen LogP contribution in [0.1, 0.15) is 33.3 Å². The number of aromatic nitrogens is 1. The van der Waals surface area contributed by atoms with Gasteiger partial charge in [-0.1, -0.05) is 39.8 Å².